The molecule has 3 aromatic heterocycles. The molecule has 0 unspecified atom stereocenters. The smallest absolute Gasteiger partial charge is 0.240 e. The zero-order valence-electron chi connectivity index (χ0n) is 12.3. The predicted molar refractivity (Wildman–Crippen MR) is 87.9 cm³/mol. The van der Waals surface area contributed by atoms with E-state index in [1.807, 2.05) is 28.1 Å². The van der Waals surface area contributed by atoms with Crippen LogP contribution in [-0.2, 0) is 16.1 Å². The molecular weight excluding hydrogens is 298 g/mol. The molecule has 0 fully saturated rings. The molecule has 22 heavy (non-hydrogen) atoms. The summed E-state index contributed by atoms with van der Waals surface area (Å²) in [5.41, 5.74) is 1.85. The summed E-state index contributed by atoms with van der Waals surface area (Å²) in [4.78, 5) is 17.7. The van der Waals surface area contributed by atoms with Crippen LogP contribution in [0.5, 0.6) is 0 Å². The fourth-order valence-corrected chi connectivity index (χ4v) is 3.12. The van der Waals surface area contributed by atoms with Crippen molar-refractivity contribution in [1.82, 2.24) is 14.9 Å². The van der Waals surface area contributed by atoms with E-state index in [4.69, 9.17) is 4.74 Å². The Morgan fingerprint density at radius 2 is 2.32 bits per heavy atom. The Morgan fingerprint density at radius 3 is 3.09 bits per heavy atom. The molecule has 0 radical (unpaired) electrons. The van der Waals surface area contributed by atoms with Crippen molar-refractivity contribution < 1.29 is 9.53 Å². The van der Waals surface area contributed by atoms with Crippen LogP contribution >= 0.6 is 11.3 Å². The maximum Gasteiger partial charge on any atom is 0.240 e. The van der Waals surface area contributed by atoms with Crippen LogP contribution in [0.15, 0.2) is 41.9 Å². The highest BCUT2D eigenvalue weighted by Crippen LogP contribution is 2.30. The van der Waals surface area contributed by atoms with E-state index >= 15 is 0 Å². The van der Waals surface area contributed by atoms with E-state index in [9.17, 15) is 4.79 Å². The summed E-state index contributed by atoms with van der Waals surface area (Å²) in [7, 11) is 1.62. The standard InChI is InChI=1S/C16H17N3O2S/c1-21-8-7-17-15(20)11-19-13(14-5-3-9-22-14)10-12-4-2-6-18-16(12)19/h2-6,9-10H,7-8,11H2,1H3,(H,17,20). The summed E-state index contributed by atoms with van der Waals surface area (Å²) >= 11 is 1.65. The number of carbonyl (C=O) groups excluding carboxylic acids is 1. The molecule has 0 aliphatic carbocycles. The molecule has 3 rings (SSSR count). The van der Waals surface area contributed by atoms with Gasteiger partial charge in [0.25, 0.3) is 0 Å². The van der Waals surface area contributed by atoms with Gasteiger partial charge >= 0.3 is 0 Å². The normalized spacial score (nSPS) is 11.0. The van der Waals surface area contributed by atoms with Crippen LogP contribution in [0.4, 0.5) is 0 Å². The minimum Gasteiger partial charge on any atom is -0.383 e. The van der Waals surface area contributed by atoms with Gasteiger partial charge in [0, 0.05) is 25.2 Å². The number of hydrogen-bond donors (Lipinski definition) is 1. The number of fused-ring (bicyclic) bond motifs is 1. The van der Waals surface area contributed by atoms with Crippen LogP contribution in [-0.4, -0.2) is 35.7 Å². The second-order valence-electron chi connectivity index (χ2n) is 4.85. The first kappa shape index (κ1) is 14.7. The quantitative estimate of drug-likeness (QED) is 0.711. The number of aromatic nitrogens is 2. The average molecular weight is 315 g/mol. The molecule has 0 atom stereocenters. The molecule has 0 aromatic carbocycles. The molecule has 0 bridgehead atoms. The highest BCUT2D eigenvalue weighted by Gasteiger charge is 2.14. The number of hydrogen-bond acceptors (Lipinski definition) is 4. The molecule has 6 heteroatoms. The number of amides is 1. The molecule has 114 valence electrons. The summed E-state index contributed by atoms with van der Waals surface area (Å²) in [6, 6.07) is 10.1. The third-order valence-electron chi connectivity index (χ3n) is 3.36. The molecule has 0 aliphatic heterocycles. The summed E-state index contributed by atoms with van der Waals surface area (Å²) in [5, 5.41) is 5.92. The Kier molecular flexibility index (Phi) is 4.50. The van der Waals surface area contributed by atoms with Gasteiger partial charge in [0.1, 0.15) is 12.2 Å². The van der Waals surface area contributed by atoms with Gasteiger partial charge in [0.15, 0.2) is 0 Å². The van der Waals surface area contributed by atoms with Crippen molar-refractivity contribution in [2.75, 3.05) is 20.3 Å². The Balaban J connectivity index is 1.92. The summed E-state index contributed by atoms with van der Waals surface area (Å²) < 4.78 is 6.91. The Morgan fingerprint density at radius 1 is 1.41 bits per heavy atom. The molecule has 0 spiro atoms. The zero-order valence-corrected chi connectivity index (χ0v) is 13.1. The lowest BCUT2D eigenvalue weighted by Crippen LogP contribution is -2.30. The maximum atomic E-state index is 12.1. The lowest BCUT2D eigenvalue weighted by molar-refractivity contribution is -0.121. The van der Waals surface area contributed by atoms with E-state index < -0.39 is 0 Å². The Hall–Kier alpha value is -2.18. The first-order chi connectivity index (χ1) is 10.8. The molecule has 0 saturated carbocycles. The van der Waals surface area contributed by atoms with Crippen molar-refractivity contribution in [2.45, 2.75) is 6.54 Å². The first-order valence-electron chi connectivity index (χ1n) is 7.03. The Labute approximate surface area is 132 Å². The van der Waals surface area contributed by atoms with E-state index in [-0.39, 0.29) is 12.5 Å². The number of methoxy groups -OCH3 is 1. The lowest BCUT2D eigenvalue weighted by Gasteiger charge is -2.09. The van der Waals surface area contributed by atoms with Crippen molar-refractivity contribution in [1.29, 1.82) is 0 Å². The summed E-state index contributed by atoms with van der Waals surface area (Å²) in [6.45, 7) is 1.27. The molecule has 3 heterocycles. The number of pyridine rings is 1. The summed E-state index contributed by atoms with van der Waals surface area (Å²) in [6.07, 6.45) is 1.75. The number of carbonyl (C=O) groups is 1. The van der Waals surface area contributed by atoms with Crippen molar-refractivity contribution in [3.8, 4) is 10.6 Å². The van der Waals surface area contributed by atoms with E-state index in [0.717, 1.165) is 21.6 Å². The second-order valence-corrected chi connectivity index (χ2v) is 5.80. The average Bonchev–Trinajstić information content (AvgIpc) is 3.16. The lowest BCUT2D eigenvalue weighted by atomic mass is 10.3. The van der Waals surface area contributed by atoms with E-state index in [2.05, 4.69) is 22.4 Å². The van der Waals surface area contributed by atoms with Gasteiger partial charge in [0.05, 0.1) is 17.2 Å². The number of nitrogens with zero attached hydrogens (tertiary/aromatic N) is 2. The van der Waals surface area contributed by atoms with Gasteiger partial charge in [-0.2, -0.15) is 0 Å². The van der Waals surface area contributed by atoms with Gasteiger partial charge in [-0.05, 0) is 29.6 Å². The molecule has 3 aromatic rings. The first-order valence-corrected chi connectivity index (χ1v) is 7.91. The highest BCUT2D eigenvalue weighted by atomic mass is 32.1. The zero-order chi connectivity index (χ0) is 15.4. The topological polar surface area (TPSA) is 56.1 Å². The summed E-state index contributed by atoms with van der Waals surface area (Å²) in [5.74, 6) is -0.0435. The molecule has 0 aliphatic rings. The monoisotopic (exact) mass is 315 g/mol. The predicted octanol–water partition coefficient (Wildman–Crippen LogP) is 2.53. The molecular formula is C16H17N3O2S. The van der Waals surface area contributed by atoms with Crippen LogP contribution in [0.2, 0.25) is 0 Å². The van der Waals surface area contributed by atoms with Crippen LogP contribution in [0.1, 0.15) is 0 Å². The van der Waals surface area contributed by atoms with Crippen LogP contribution in [0.3, 0.4) is 0 Å². The molecule has 5 nitrogen and oxygen atoms in total. The maximum absolute atomic E-state index is 12.1. The number of nitrogens with one attached hydrogen (secondary N) is 1. The fourth-order valence-electron chi connectivity index (χ4n) is 2.37. The van der Waals surface area contributed by atoms with Crippen molar-refractivity contribution in [3.63, 3.8) is 0 Å². The van der Waals surface area contributed by atoms with Crippen LogP contribution in [0.25, 0.3) is 21.6 Å². The SMILES string of the molecule is COCCNC(=O)Cn1c(-c2cccs2)cc2cccnc21. The second kappa shape index (κ2) is 6.72. The third-order valence-corrected chi connectivity index (χ3v) is 4.25. The third kappa shape index (κ3) is 3.03. The largest absolute Gasteiger partial charge is 0.383 e. The van der Waals surface area contributed by atoms with E-state index in [0.29, 0.717) is 13.2 Å². The minimum atomic E-state index is -0.0435. The van der Waals surface area contributed by atoms with Gasteiger partial charge in [-0.1, -0.05) is 6.07 Å². The Bertz CT molecular complexity index is 765. The van der Waals surface area contributed by atoms with E-state index in [1.165, 1.54) is 0 Å². The molecule has 0 saturated heterocycles. The van der Waals surface area contributed by atoms with Crippen molar-refractivity contribution in [2.24, 2.45) is 0 Å². The van der Waals surface area contributed by atoms with Gasteiger partial charge < -0.3 is 14.6 Å². The van der Waals surface area contributed by atoms with Gasteiger partial charge in [-0.15, -0.1) is 11.3 Å². The number of rotatable bonds is 6. The van der Waals surface area contributed by atoms with Gasteiger partial charge in [0.2, 0.25) is 5.91 Å². The van der Waals surface area contributed by atoms with Gasteiger partial charge in [-0.3, -0.25) is 4.79 Å². The molecule has 1 amide bonds. The minimum absolute atomic E-state index is 0.0435. The van der Waals surface area contributed by atoms with E-state index in [1.54, 1.807) is 24.6 Å². The van der Waals surface area contributed by atoms with Crippen molar-refractivity contribution in [3.05, 3.63) is 41.9 Å². The van der Waals surface area contributed by atoms with Crippen LogP contribution in [0, 0.1) is 0 Å². The van der Waals surface area contributed by atoms with Crippen molar-refractivity contribution >= 4 is 28.3 Å². The number of ether oxygens (including phenoxy) is 1. The van der Waals surface area contributed by atoms with Crippen LogP contribution < -0.4 is 5.32 Å². The highest BCUT2D eigenvalue weighted by molar-refractivity contribution is 7.13. The fraction of sp³-hybridized carbons (Fsp3) is 0.250. The van der Waals surface area contributed by atoms with Gasteiger partial charge in [-0.25, -0.2) is 4.98 Å². The molecule has 1 N–H and O–H groups in total. The number of thiophene rings is 1.